The van der Waals surface area contributed by atoms with Gasteiger partial charge in [-0.3, -0.25) is 9.48 Å². The lowest BCUT2D eigenvalue weighted by molar-refractivity contribution is 0.102. The van der Waals surface area contributed by atoms with Crippen molar-refractivity contribution < 1.29 is 9.53 Å². The molecule has 0 saturated carbocycles. The van der Waals surface area contributed by atoms with Gasteiger partial charge in [-0.25, -0.2) is 0 Å². The fraction of sp³-hybridized carbons (Fsp3) is 0.429. The summed E-state index contributed by atoms with van der Waals surface area (Å²) in [6.45, 7) is 12.7. The predicted octanol–water partition coefficient (Wildman–Crippen LogP) is 6.02. The van der Waals surface area contributed by atoms with Gasteiger partial charge in [0.25, 0.3) is 5.91 Å². The van der Waals surface area contributed by atoms with Crippen LogP contribution in [-0.2, 0) is 19.4 Å². The molecule has 0 spiro atoms. The van der Waals surface area contributed by atoms with Crippen LogP contribution in [0.25, 0.3) is 0 Å². The molecule has 1 amide bonds. The molecule has 6 nitrogen and oxygen atoms in total. The number of nitrogens with zero attached hydrogens (tertiary/aromatic N) is 3. The van der Waals surface area contributed by atoms with Crippen LogP contribution < -0.4 is 10.1 Å². The van der Waals surface area contributed by atoms with E-state index < -0.39 is 0 Å². The Morgan fingerprint density at radius 1 is 1.11 bits per heavy atom. The van der Waals surface area contributed by atoms with Crippen molar-refractivity contribution in [2.24, 2.45) is 5.92 Å². The number of benzene rings is 2. The first kappa shape index (κ1) is 28.0. The molecule has 3 aromatic rings. The summed E-state index contributed by atoms with van der Waals surface area (Å²) in [5.41, 5.74) is 5.17. The third kappa shape index (κ3) is 7.02. The minimum Gasteiger partial charge on any atom is -0.493 e. The van der Waals surface area contributed by atoms with Gasteiger partial charge < -0.3 is 15.0 Å². The summed E-state index contributed by atoms with van der Waals surface area (Å²) in [6, 6.07) is 13.6. The van der Waals surface area contributed by atoms with Crippen LogP contribution in [-0.4, -0.2) is 46.8 Å². The second kappa shape index (κ2) is 12.6. The second-order valence-corrected chi connectivity index (χ2v) is 10.1. The monoisotopic (exact) mass is 530 g/mol. The zero-order valence-electron chi connectivity index (χ0n) is 21.5. The SMILES string of the molecule is CCN1CCc2ccc(C(=O)Nc3cc(C)n(Cc4cc(Cl)ccc4OCC(C)C)n3)cc2CC1.Cl. The molecule has 2 aromatic carbocycles. The van der Waals surface area contributed by atoms with E-state index in [9.17, 15) is 4.79 Å². The van der Waals surface area contributed by atoms with Crippen LogP contribution in [0.5, 0.6) is 5.75 Å². The van der Waals surface area contributed by atoms with Gasteiger partial charge in [-0.1, -0.05) is 38.4 Å². The number of amides is 1. The molecule has 4 rings (SSSR count). The van der Waals surface area contributed by atoms with Crippen LogP contribution in [0.15, 0.2) is 42.5 Å². The Morgan fingerprint density at radius 3 is 2.58 bits per heavy atom. The summed E-state index contributed by atoms with van der Waals surface area (Å²) in [7, 11) is 0. The van der Waals surface area contributed by atoms with E-state index >= 15 is 0 Å². The second-order valence-electron chi connectivity index (χ2n) is 9.66. The summed E-state index contributed by atoms with van der Waals surface area (Å²) in [4.78, 5) is 15.5. The van der Waals surface area contributed by atoms with Gasteiger partial charge in [-0.2, -0.15) is 5.10 Å². The lowest BCUT2D eigenvalue weighted by Crippen LogP contribution is -2.25. The highest BCUT2D eigenvalue weighted by atomic mass is 35.5. The van der Waals surface area contributed by atoms with Crippen LogP contribution in [0.3, 0.4) is 0 Å². The van der Waals surface area contributed by atoms with Crippen molar-refractivity contribution in [2.45, 2.75) is 47.1 Å². The van der Waals surface area contributed by atoms with Crippen molar-refractivity contribution in [3.05, 3.63) is 75.4 Å². The molecule has 1 aliphatic heterocycles. The summed E-state index contributed by atoms with van der Waals surface area (Å²) in [5, 5.41) is 8.27. The number of hydrogen-bond acceptors (Lipinski definition) is 4. The van der Waals surface area contributed by atoms with E-state index in [-0.39, 0.29) is 18.3 Å². The molecule has 0 unspecified atom stereocenters. The van der Waals surface area contributed by atoms with Gasteiger partial charge in [0.2, 0.25) is 0 Å². The summed E-state index contributed by atoms with van der Waals surface area (Å²) >= 11 is 6.26. The van der Waals surface area contributed by atoms with Gasteiger partial charge in [0.05, 0.1) is 13.2 Å². The van der Waals surface area contributed by atoms with Gasteiger partial charge in [0.1, 0.15) is 5.75 Å². The number of hydrogen-bond donors (Lipinski definition) is 1. The number of aryl methyl sites for hydroxylation is 1. The number of ether oxygens (including phenoxy) is 1. The normalized spacial score (nSPS) is 13.6. The average molecular weight is 532 g/mol. The van der Waals surface area contributed by atoms with Crippen molar-refractivity contribution in [3.8, 4) is 5.75 Å². The minimum atomic E-state index is -0.141. The van der Waals surface area contributed by atoms with Crippen LogP contribution in [0.1, 0.15) is 53.5 Å². The van der Waals surface area contributed by atoms with E-state index in [0.717, 1.165) is 49.5 Å². The van der Waals surface area contributed by atoms with Crippen LogP contribution >= 0.6 is 24.0 Å². The van der Waals surface area contributed by atoms with Crippen molar-refractivity contribution >= 4 is 35.7 Å². The van der Waals surface area contributed by atoms with Crippen LogP contribution in [0, 0.1) is 12.8 Å². The number of nitrogens with one attached hydrogen (secondary N) is 1. The van der Waals surface area contributed by atoms with Gasteiger partial charge in [0, 0.05) is 41.0 Å². The number of carbonyl (C=O) groups is 1. The number of aromatic nitrogens is 2. The lowest BCUT2D eigenvalue weighted by atomic mass is 10.00. The molecule has 36 heavy (non-hydrogen) atoms. The van der Waals surface area contributed by atoms with Gasteiger partial charge in [-0.05, 0) is 73.7 Å². The van der Waals surface area contributed by atoms with E-state index in [0.29, 0.717) is 35.5 Å². The first-order valence-electron chi connectivity index (χ1n) is 12.4. The Bertz CT molecular complexity index is 1190. The molecule has 1 N–H and O–H groups in total. The molecule has 0 aliphatic carbocycles. The highest BCUT2D eigenvalue weighted by Gasteiger charge is 2.17. The number of halogens is 2. The Morgan fingerprint density at radius 2 is 1.86 bits per heavy atom. The zero-order valence-corrected chi connectivity index (χ0v) is 23.1. The number of anilines is 1. The van der Waals surface area contributed by atoms with Crippen molar-refractivity contribution in [3.63, 3.8) is 0 Å². The van der Waals surface area contributed by atoms with Gasteiger partial charge in [-0.15, -0.1) is 12.4 Å². The Kier molecular flexibility index (Phi) is 9.83. The van der Waals surface area contributed by atoms with E-state index in [1.807, 2.05) is 48.0 Å². The third-order valence-corrected chi connectivity index (χ3v) is 6.68. The molecule has 8 heteroatoms. The quantitative estimate of drug-likeness (QED) is 0.386. The molecule has 0 saturated heterocycles. The topological polar surface area (TPSA) is 59.4 Å². The molecule has 0 radical (unpaired) electrons. The first-order valence-corrected chi connectivity index (χ1v) is 12.8. The molecule has 0 atom stereocenters. The largest absolute Gasteiger partial charge is 0.493 e. The first-order chi connectivity index (χ1) is 16.8. The molecule has 1 aromatic heterocycles. The van der Waals surface area contributed by atoms with Gasteiger partial charge >= 0.3 is 0 Å². The molecule has 0 fully saturated rings. The fourth-order valence-corrected chi connectivity index (χ4v) is 4.57. The highest BCUT2D eigenvalue weighted by molar-refractivity contribution is 6.30. The Balaban J connectivity index is 0.00000361. The Labute approximate surface area is 225 Å². The number of fused-ring (bicyclic) bond motifs is 1. The zero-order chi connectivity index (χ0) is 24.9. The lowest BCUT2D eigenvalue weighted by Gasteiger charge is -2.16. The maximum Gasteiger partial charge on any atom is 0.256 e. The fourth-order valence-electron chi connectivity index (χ4n) is 4.38. The number of carbonyl (C=O) groups excluding carboxylic acids is 1. The van der Waals surface area contributed by atoms with E-state index in [1.165, 1.54) is 11.1 Å². The van der Waals surface area contributed by atoms with E-state index in [2.05, 4.69) is 42.2 Å². The number of likely N-dealkylation sites (N-methyl/N-ethyl adjacent to an activating group) is 1. The van der Waals surface area contributed by atoms with Crippen LogP contribution in [0.2, 0.25) is 5.02 Å². The van der Waals surface area contributed by atoms with Crippen molar-refractivity contribution in [1.82, 2.24) is 14.7 Å². The third-order valence-electron chi connectivity index (χ3n) is 6.45. The standard InChI is InChI=1S/C28H35ClN4O2.ClH/c1-5-32-12-10-21-6-7-23(15-22(21)11-13-32)28(34)30-27-14-20(4)33(31-27)17-24-16-25(29)8-9-26(24)35-18-19(2)3;/h6-9,14-16,19H,5,10-13,17-18H2,1-4H3,(H,30,31,34);1H. The smallest absolute Gasteiger partial charge is 0.256 e. The summed E-state index contributed by atoms with van der Waals surface area (Å²) < 4.78 is 7.85. The summed E-state index contributed by atoms with van der Waals surface area (Å²) in [6.07, 6.45) is 2.00. The minimum absolute atomic E-state index is 0. The molecule has 0 bridgehead atoms. The van der Waals surface area contributed by atoms with Crippen LogP contribution in [0.4, 0.5) is 5.82 Å². The number of rotatable bonds is 8. The van der Waals surface area contributed by atoms with Crippen molar-refractivity contribution in [1.29, 1.82) is 0 Å². The predicted molar refractivity (Wildman–Crippen MR) is 149 cm³/mol. The maximum atomic E-state index is 13.0. The maximum absolute atomic E-state index is 13.0. The Hall–Kier alpha value is -2.54. The van der Waals surface area contributed by atoms with Crippen molar-refractivity contribution in [2.75, 3.05) is 31.6 Å². The van der Waals surface area contributed by atoms with E-state index in [4.69, 9.17) is 16.3 Å². The summed E-state index contributed by atoms with van der Waals surface area (Å²) in [5.74, 6) is 1.62. The van der Waals surface area contributed by atoms with E-state index in [1.54, 1.807) is 0 Å². The molecule has 194 valence electrons. The van der Waals surface area contributed by atoms with Gasteiger partial charge in [0.15, 0.2) is 5.82 Å². The average Bonchev–Trinajstić information content (AvgIpc) is 3.03. The highest BCUT2D eigenvalue weighted by Crippen LogP contribution is 2.25. The molecule has 1 aliphatic rings. The molecule has 2 heterocycles. The molecular formula is C28H36Cl2N4O2. The molecular weight excluding hydrogens is 495 g/mol.